The predicted molar refractivity (Wildman–Crippen MR) is 67.3 cm³/mol. The average Bonchev–Trinajstić information content (AvgIpc) is 2.67. The van der Waals surface area contributed by atoms with Crippen molar-refractivity contribution in [1.29, 1.82) is 0 Å². The van der Waals surface area contributed by atoms with Crippen molar-refractivity contribution in [2.75, 3.05) is 14.1 Å². The van der Waals surface area contributed by atoms with Gasteiger partial charge in [-0.15, -0.1) is 0 Å². The Morgan fingerprint density at radius 1 is 1.35 bits per heavy atom. The number of hydrogen-bond acceptors (Lipinski definition) is 2. The molecule has 0 saturated heterocycles. The van der Waals surface area contributed by atoms with Gasteiger partial charge in [0.2, 0.25) is 0 Å². The Hall–Kier alpha value is -1.84. The largest absolute Gasteiger partial charge is 0.343 e. The highest BCUT2D eigenvalue weighted by atomic mass is 16.2. The maximum absolute atomic E-state index is 12.0. The van der Waals surface area contributed by atoms with Crippen LogP contribution >= 0.6 is 0 Å². The van der Waals surface area contributed by atoms with Gasteiger partial charge in [0.1, 0.15) is 5.82 Å². The zero-order valence-corrected chi connectivity index (χ0v) is 10.6. The molecule has 0 N–H and O–H groups in total. The molecule has 0 radical (unpaired) electrons. The summed E-state index contributed by atoms with van der Waals surface area (Å²) in [6.07, 6.45) is 1.95. The lowest BCUT2D eigenvalue weighted by Gasteiger charge is -2.07. The molecule has 0 aliphatic heterocycles. The van der Waals surface area contributed by atoms with E-state index < -0.39 is 0 Å². The minimum absolute atomic E-state index is 0.0550. The van der Waals surface area contributed by atoms with E-state index in [1.807, 2.05) is 28.8 Å². The summed E-state index contributed by atoms with van der Waals surface area (Å²) in [7, 11) is 3.48. The topological polar surface area (TPSA) is 37.6 Å². The van der Waals surface area contributed by atoms with Crippen molar-refractivity contribution in [1.82, 2.24) is 14.3 Å². The van der Waals surface area contributed by atoms with Crippen molar-refractivity contribution in [3.05, 3.63) is 35.9 Å². The third kappa shape index (κ3) is 1.90. The summed E-state index contributed by atoms with van der Waals surface area (Å²) in [5, 5.41) is 0. The first-order chi connectivity index (χ1) is 8.02. The molecule has 4 nitrogen and oxygen atoms in total. The predicted octanol–water partition coefficient (Wildman–Crippen LogP) is 2.16. The maximum Gasteiger partial charge on any atom is 0.274 e. The van der Waals surface area contributed by atoms with Crippen LogP contribution in [0.4, 0.5) is 0 Å². The number of pyridine rings is 1. The van der Waals surface area contributed by atoms with E-state index in [2.05, 4.69) is 18.8 Å². The van der Waals surface area contributed by atoms with Crippen molar-refractivity contribution < 1.29 is 4.79 Å². The van der Waals surface area contributed by atoms with E-state index in [1.54, 1.807) is 19.0 Å². The third-order valence-corrected chi connectivity index (χ3v) is 2.70. The summed E-state index contributed by atoms with van der Waals surface area (Å²) < 4.78 is 1.99. The van der Waals surface area contributed by atoms with Crippen molar-refractivity contribution in [3.8, 4) is 0 Å². The van der Waals surface area contributed by atoms with Gasteiger partial charge in [-0.05, 0) is 12.1 Å². The Morgan fingerprint density at radius 2 is 2.06 bits per heavy atom. The molecule has 0 unspecified atom stereocenters. The van der Waals surface area contributed by atoms with E-state index in [9.17, 15) is 4.79 Å². The van der Waals surface area contributed by atoms with Gasteiger partial charge in [0.25, 0.3) is 5.91 Å². The van der Waals surface area contributed by atoms with Crippen molar-refractivity contribution in [2.24, 2.45) is 0 Å². The van der Waals surface area contributed by atoms with Crippen molar-refractivity contribution in [2.45, 2.75) is 19.8 Å². The summed E-state index contributed by atoms with van der Waals surface area (Å²) >= 11 is 0. The van der Waals surface area contributed by atoms with Gasteiger partial charge in [-0.2, -0.15) is 0 Å². The Bertz CT molecular complexity index is 555. The van der Waals surface area contributed by atoms with Crippen molar-refractivity contribution >= 4 is 11.4 Å². The SMILES string of the molecule is CC(C)c1nc(C(=O)N(C)C)c2ccccn12. The lowest BCUT2D eigenvalue weighted by Crippen LogP contribution is -2.22. The van der Waals surface area contributed by atoms with Crippen LogP contribution in [0.3, 0.4) is 0 Å². The lowest BCUT2D eigenvalue weighted by atomic mass is 10.2. The maximum atomic E-state index is 12.0. The highest BCUT2D eigenvalue weighted by molar-refractivity contribution is 5.98. The molecule has 0 aromatic carbocycles. The van der Waals surface area contributed by atoms with Gasteiger partial charge >= 0.3 is 0 Å². The molecule has 4 heteroatoms. The minimum atomic E-state index is -0.0550. The molecule has 0 saturated carbocycles. The van der Waals surface area contributed by atoms with Gasteiger partial charge in [0.05, 0.1) is 5.52 Å². The van der Waals surface area contributed by atoms with E-state index in [-0.39, 0.29) is 11.8 Å². The van der Waals surface area contributed by atoms with Gasteiger partial charge in [-0.25, -0.2) is 4.98 Å². The summed E-state index contributed by atoms with van der Waals surface area (Å²) in [6, 6.07) is 5.80. The molecule has 2 heterocycles. The van der Waals surface area contributed by atoms with E-state index in [1.165, 1.54) is 0 Å². The number of hydrogen-bond donors (Lipinski definition) is 0. The molecule has 2 aromatic rings. The fourth-order valence-corrected chi connectivity index (χ4v) is 1.84. The number of nitrogens with zero attached hydrogens (tertiary/aromatic N) is 3. The van der Waals surface area contributed by atoms with Crippen LogP contribution in [0.25, 0.3) is 5.52 Å². The smallest absolute Gasteiger partial charge is 0.274 e. The summed E-state index contributed by atoms with van der Waals surface area (Å²) in [6.45, 7) is 4.15. The van der Waals surface area contributed by atoms with E-state index >= 15 is 0 Å². The van der Waals surface area contributed by atoms with Crippen molar-refractivity contribution in [3.63, 3.8) is 0 Å². The number of imidazole rings is 1. The van der Waals surface area contributed by atoms with Crippen LogP contribution in [-0.4, -0.2) is 34.3 Å². The Balaban J connectivity index is 2.69. The average molecular weight is 231 g/mol. The second-order valence-electron chi connectivity index (χ2n) is 4.63. The van der Waals surface area contributed by atoms with Crippen LogP contribution in [0.5, 0.6) is 0 Å². The fraction of sp³-hybridized carbons (Fsp3) is 0.385. The molecule has 0 atom stereocenters. The molecule has 0 aliphatic carbocycles. The zero-order chi connectivity index (χ0) is 12.6. The third-order valence-electron chi connectivity index (χ3n) is 2.70. The molecule has 0 aliphatic rings. The first kappa shape index (κ1) is 11.6. The quantitative estimate of drug-likeness (QED) is 0.794. The summed E-state index contributed by atoms with van der Waals surface area (Å²) in [5.74, 6) is 1.15. The van der Waals surface area contributed by atoms with Gasteiger partial charge in [-0.3, -0.25) is 4.79 Å². The first-order valence-corrected chi connectivity index (χ1v) is 5.71. The van der Waals surface area contributed by atoms with Gasteiger partial charge in [-0.1, -0.05) is 19.9 Å². The number of carbonyl (C=O) groups is 1. The number of carbonyl (C=O) groups excluding carboxylic acids is 1. The van der Waals surface area contributed by atoms with Crippen LogP contribution in [0.1, 0.15) is 36.1 Å². The number of aromatic nitrogens is 2. The number of amides is 1. The van der Waals surface area contributed by atoms with Crippen LogP contribution in [0.15, 0.2) is 24.4 Å². The normalized spacial score (nSPS) is 11.1. The summed E-state index contributed by atoms with van der Waals surface area (Å²) in [4.78, 5) is 18.1. The standard InChI is InChI=1S/C13H17N3O/c1-9(2)12-14-11(13(17)15(3)4)10-7-5-6-8-16(10)12/h5-9H,1-4H3. The highest BCUT2D eigenvalue weighted by Crippen LogP contribution is 2.20. The lowest BCUT2D eigenvalue weighted by molar-refractivity contribution is 0.0824. The fourth-order valence-electron chi connectivity index (χ4n) is 1.84. The van der Waals surface area contributed by atoms with E-state index in [4.69, 9.17) is 0 Å². The highest BCUT2D eigenvalue weighted by Gasteiger charge is 2.19. The number of fused-ring (bicyclic) bond motifs is 1. The molecule has 2 rings (SSSR count). The first-order valence-electron chi connectivity index (χ1n) is 5.71. The van der Waals surface area contributed by atoms with Crippen LogP contribution < -0.4 is 0 Å². The molecule has 17 heavy (non-hydrogen) atoms. The van der Waals surface area contributed by atoms with Crippen LogP contribution in [0.2, 0.25) is 0 Å². The molecular weight excluding hydrogens is 214 g/mol. The van der Waals surface area contributed by atoms with Crippen LogP contribution in [0, 0.1) is 0 Å². The molecule has 1 amide bonds. The van der Waals surface area contributed by atoms with Gasteiger partial charge < -0.3 is 9.30 Å². The van der Waals surface area contributed by atoms with E-state index in [0.29, 0.717) is 5.69 Å². The van der Waals surface area contributed by atoms with Gasteiger partial charge in [0.15, 0.2) is 5.69 Å². The Labute approximate surface area is 101 Å². The molecule has 90 valence electrons. The monoisotopic (exact) mass is 231 g/mol. The van der Waals surface area contributed by atoms with Gasteiger partial charge in [0, 0.05) is 26.2 Å². The zero-order valence-electron chi connectivity index (χ0n) is 10.6. The Morgan fingerprint density at radius 3 is 2.65 bits per heavy atom. The Kier molecular flexibility index (Phi) is 2.88. The number of rotatable bonds is 2. The van der Waals surface area contributed by atoms with Crippen LogP contribution in [-0.2, 0) is 0 Å². The molecule has 0 spiro atoms. The minimum Gasteiger partial charge on any atom is -0.343 e. The molecule has 0 fully saturated rings. The van der Waals surface area contributed by atoms with E-state index in [0.717, 1.165) is 11.3 Å². The summed E-state index contributed by atoms with van der Waals surface area (Å²) in [5.41, 5.74) is 1.40. The second kappa shape index (κ2) is 4.20. The second-order valence-corrected chi connectivity index (χ2v) is 4.63. The molecular formula is C13H17N3O. The molecule has 2 aromatic heterocycles. The molecule has 0 bridgehead atoms.